The zero-order valence-corrected chi connectivity index (χ0v) is 18.7. The van der Waals surface area contributed by atoms with Crippen LogP contribution in [0.15, 0.2) is 4.79 Å². The molecular formula is C11H18F2N3O13P3. The predicted octanol–water partition coefficient (Wildman–Crippen LogP) is -0.397. The quantitative estimate of drug-likeness (QED) is 0.234. The summed E-state index contributed by atoms with van der Waals surface area (Å²) < 4.78 is 79.7. The van der Waals surface area contributed by atoms with Gasteiger partial charge in [-0.1, -0.05) is 0 Å². The van der Waals surface area contributed by atoms with Crippen molar-refractivity contribution in [3.8, 4) is 0 Å². The van der Waals surface area contributed by atoms with E-state index in [4.69, 9.17) is 25.2 Å². The molecule has 3 unspecified atom stereocenters. The van der Waals surface area contributed by atoms with E-state index in [1.54, 1.807) is 0 Å². The maximum atomic E-state index is 15.1. The molecule has 184 valence electrons. The van der Waals surface area contributed by atoms with Crippen LogP contribution in [-0.2, 0) is 31.6 Å². The van der Waals surface area contributed by atoms with E-state index in [0.29, 0.717) is 4.57 Å². The van der Waals surface area contributed by atoms with Crippen molar-refractivity contribution in [3.63, 3.8) is 0 Å². The standard InChI is InChI=1S/C11H18F2N3O13P3/c1-4-6(12)8(14)15-10(18)16(4)9-11(2,13)7(17)5(27-9)3-26-31(22,23)29-32(24,25)28-30(19,20)21/h5,7,9,17H,3H2,1-2H3,(H,22,23)(H,24,25)(H2,14,15,18)(H2,19,20,21)/t5-,7?,9-,11-/m1/s1. The van der Waals surface area contributed by atoms with Crippen LogP contribution in [0.3, 0.4) is 0 Å². The number of phosphoric acid groups is 3. The van der Waals surface area contributed by atoms with Gasteiger partial charge < -0.3 is 35.2 Å². The van der Waals surface area contributed by atoms with Crippen LogP contribution in [0.25, 0.3) is 0 Å². The van der Waals surface area contributed by atoms with E-state index in [1.807, 2.05) is 0 Å². The highest BCUT2D eigenvalue weighted by molar-refractivity contribution is 7.66. The van der Waals surface area contributed by atoms with Gasteiger partial charge in [-0.3, -0.25) is 9.09 Å². The van der Waals surface area contributed by atoms with Gasteiger partial charge in [0.2, 0.25) is 0 Å². The Morgan fingerprint density at radius 2 is 1.78 bits per heavy atom. The Bertz CT molecular complexity index is 1090. The number of rotatable bonds is 8. The molecule has 1 aromatic rings. The van der Waals surface area contributed by atoms with E-state index in [9.17, 15) is 32.9 Å². The Morgan fingerprint density at radius 3 is 2.31 bits per heavy atom. The summed E-state index contributed by atoms with van der Waals surface area (Å²) in [5, 5.41) is 10.2. The second-order valence-corrected chi connectivity index (χ2v) is 11.0. The molecule has 16 nitrogen and oxygen atoms in total. The highest BCUT2D eigenvalue weighted by atomic mass is 31.3. The van der Waals surface area contributed by atoms with Gasteiger partial charge >= 0.3 is 29.2 Å². The molecule has 7 N–H and O–H groups in total. The zero-order chi connectivity index (χ0) is 24.9. The van der Waals surface area contributed by atoms with Crippen LogP contribution in [0.1, 0.15) is 18.8 Å². The number of halogens is 2. The molecule has 1 aliphatic heterocycles. The van der Waals surface area contributed by atoms with E-state index in [-0.39, 0.29) is 0 Å². The summed E-state index contributed by atoms with van der Waals surface area (Å²) in [7, 11) is -17.0. The highest BCUT2D eigenvalue weighted by Crippen LogP contribution is 2.66. The molecule has 2 heterocycles. The van der Waals surface area contributed by atoms with Gasteiger partial charge in [0.15, 0.2) is 23.5 Å². The molecule has 1 fully saturated rings. The van der Waals surface area contributed by atoms with Gasteiger partial charge in [-0.05, 0) is 13.8 Å². The van der Waals surface area contributed by atoms with Crippen LogP contribution in [0, 0.1) is 12.7 Å². The number of ether oxygens (including phenoxy) is 1. The number of hydrogen-bond donors (Lipinski definition) is 6. The Morgan fingerprint density at radius 1 is 1.22 bits per heavy atom. The molecule has 32 heavy (non-hydrogen) atoms. The summed E-state index contributed by atoms with van der Waals surface area (Å²) in [6.45, 7) is 0.590. The lowest BCUT2D eigenvalue weighted by molar-refractivity contribution is -0.0619. The van der Waals surface area contributed by atoms with Crippen molar-refractivity contribution < 1.29 is 65.0 Å². The number of aromatic nitrogens is 2. The lowest BCUT2D eigenvalue weighted by atomic mass is 9.98. The maximum Gasteiger partial charge on any atom is 0.490 e. The molecule has 6 atom stereocenters. The number of nitrogens with zero attached hydrogens (tertiary/aromatic N) is 2. The number of nitrogens with two attached hydrogens (primary N) is 1. The molecule has 0 saturated carbocycles. The topological polar surface area (TPSA) is 250 Å². The SMILES string of the molecule is Cc1c(F)c(N)nc(=O)n1[C@@H]1O[C@H](COP(=O)(O)OP(=O)(O)OP(=O)(O)O)C(O)[C@@]1(C)F. The van der Waals surface area contributed by atoms with Crippen molar-refractivity contribution >= 4 is 29.3 Å². The van der Waals surface area contributed by atoms with E-state index in [2.05, 4.69) is 18.1 Å². The van der Waals surface area contributed by atoms with Crippen LogP contribution in [0.4, 0.5) is 14.6 Å². The monoisotopic (exact) mass is 531 g/mol. The normalized spacial score (nSPS) is 30.1. The lowest BCUT2D eigenvalue weighted by Crippen LogP contribution is -2.44. The van der Waals surface area contributed by atoms with Gasteiger partial charge in [0.1, 0.15) is 12.2 Å². The number of hydrogen-bond acceptors (Lipinski definition) is 11. The van der Waals surface area contributed by atoms with Gasteiger partial charge in [0.05, 0.1) is 12.3 Å². The van der Waals surface area contributed by atoms with Crippen LogP contribution >= 0.6 is 23.5 Å². The fourth-order valence-corrected chi connectivity index (χ4v) is 5.74. The predicted molar refractivity (Wildman–Crippen MR) is 96.9 cm³/mol. The number of phosphoric ester groups is 1. The summed E-state index contributed by atoms with van der Waals surface area (Å²) in [4.78, 5) is 50.7. The minimum atomic E-state index is -5.81. The van der Waals surface area contributed by atoms with Crippen LogP contribution in [-0.4, -0.2) is 58.7 Å². The molecule has 1 aromatic heterocycles. The average Bonchev–Trinajstić information content (AvgIpc) is 2.78. The molecule has 1 aliphatic rings. The van der Waals surface area contributed by atoms with E-state index < -0.39 is 77.2 Å². The Balaban J connectivity index is 2.21. The molecule has 0 aromatic carbocycles. The molecule has 0 bridgehead atoms. The summed E-state index contributed by atoms with van der Waals surface area (Å²) in [5.74, 6) is -1.94. The largest absolute Gasteiger partial charge is 0.490 e. The average molecular weight is 531 g/mol. The van der Waals surface area contributed by atoms with Crippen molar-refractivity contribution in [1.29, 1.82) is 0 Å². The summed E-state index contributed by atoms with van der Waals surface area (Å²) in [5.41, 5.74) is 0.658. The third-order valence-electron chi connectivity index (χ3n) is 4.10. The number of alkyl halides is 1. The van der Waals surface area contributed by atoms with Crippen molar-refractivity contribution in [1.82, 2.24) is 9.55 Å². The first-order valence-corrected chi connectivity index (χ1v) is 12.6. The zero-order valence-electron chi connectivity index (χ0n) is 16.0. The molecule has 21 heteroatoms. The highest BCUT2D eigenvalue weighted by Gasteiger charge is 2.56. The summed E-state index contributed by atoms with van der Waals surface area (Å²) in [6, 6.07) is 0. The first kappa shape index (κ1) is 27.1. The third-order valence-corrected chi connectivity index (χ3v) is 7.90. The second kappa shape index (κ2) is 8.91. The molecule has 0 amide bonds. The number of aliphatic hydroxyl groups excluding tert-OH is 1. The summed E-state index contributed by atoms with van der Waals surface area (Å²) in [6.07, 6.45) is -6.00. The lowest BCUT2D eigenvalue weighted by Gasteiger charge is -2.26. The molecule has 0 aliphatic carbocycles. The summed E-state index contributed by atoms with van der Waals surface area (Å²) >= 11 is 0. The number of nitrogen functional groups attached to an aromatic ring is 1. The number of aliphatic hydroxyl groups is 1. The van der Waals surface area contributed by atoms with Crippen molar-refractivity contribution in [3.05, 3.63) is 22.0 Å². The fourth-order valence-electron chi connectivity index (χ4n) is 2.71. The van der Waals surface area contributed by atoms with Crippen molar-refractivity contribution in [2.45, 2.75) is 38.0 Å². The van der Waals surface area contributed by atoms with Crippen molar-refractivity contribution in [2.75, 3.05) is 12.3 Å². The third kappa shape index (κ3) is 6.05. The fraction of sp³-hybridized carbons (Fsp3) is 0.636. The second-order valence-electron chi connectivity index (χ2n) is 6.56. The van der Waals surface area contributed by atoms with Gasteiger partial charge in [-0.25, -0.2) is 27.3 Å². The van der Waals surface area contributed by atoms with Crippen LogP contribution in [0.2, 0.25) is 0 Å². The van der Waals surface area contributed by atoms with E-state index in [1.165, 1.54) is 0 Å². The van der Waals surface area contributed by atoms with Gasteiger partial charge in [0.25, 0.3) is 0 Å². The van der Waals surface area contributed by atoms with Crippen LogP contribution in [0.5, 0.6) is 0 Å². The minimum absolute atomic E-state index is 0.403. The Labute approximate surface area is 177 Å². The van der Waals surface area contributed by atoms with Gasteiger partial charge in [-0.15, -0.1) is 0 Å². The molecule has 2 rings (SSSR count). The Kier molecular flexibility index (Phi) is 7.55. The Hall–Kier alpha value is -1.13. The number of anilines is 1. The first-order valence-electron chi connectivity index (χ1n) is 8.12. The molecule has 0 radical (unpaired) electrons. The first-order chi connectivity index (χ1) is 14.3. The molecule has 0 spiro atoms. The minimum Gasteiger partial charge on any atom is -0.387 e. The van der Waals surface area contributed by atoms with E-state index in [0.717, 1.165) is 13.8 Å². The molecule has 1 saturated heterocycles. The smallest absolute Gasteiger partial charge is 0.387 e. The van der Waals surface area contributed by atoms with E-state index >= 15 is 4.39 Å². The van der Waals surface area contributed by atoms with Crippen molar-refractivity contribution in [2.24, 2.45) is 0 Å². The molecular weight excluding hydrogens is 513 g/mol. The maximum absolute atomic E-state index is 15.1. The van der Waals surface area contributed by atoms with Gasteiger partial charge in [0, 0.05) is 0 Å². The van der Waals surface area contributed by atoms with Crippen LogP contribution < -0.4 is 11.4 Å². The van der Waals surface area contributed by atoms with Gasteiger partial charge in [-0.2, -0.15) is 13.6 Å².